The SMILES string of the molecule is O=C(NC1CCN([C@@H]2CCCC[C@@H]2O)CC1)c1csc(Cl)c1. The van der Waals surface area contributed by atoms with Crippen LogP contribution in [0.5, 0.6) is 0 Å². The highest BCUT2D eigenvalue weighted by molar-refractivity contribution is 7.14. The van der Waals surface area contributed by atoms with Gasteiger partial charge in [0, 0.05) is 30.6 Å². The first-order valence-corrected chi connectivity index (χ1v) is 9.36. The lowest BCUT2D eigenvalue weighted by Gasteiger charge is -2.41. The van der Waals surface area contributed by atoms with Crippen molar-refractivity contribution in [2.45, 2.75) is 56.7 Å². The monoisotopic (exact) mass is 342 g/mol. The minimum atomic E-state index is -0.173. The smallest absolute Gasteiger partial charge is 0.252 e. The Bertz CT molecular complexity index is 514. The molecule has 1 saturated carbocycles. The van der Waals surface area contributed by atoms with Gasteiger partial charge in [0.05, 0.1) is 16.0 Å². The first kappa shape index (κ1) is 16.2. The first-order chi connectivity index (χ1) is 10.6. The van der Waals surface area contributed by atoms with Crippen LogP contribution in [-0.4, -0.2) is 47.2 Å². The predicted octanol–water partition coefficient (Wildman–Crippen LogP) is 2.90. The average Bonchev–Trinajstić information content (AvgIpc) is 2.95. The van der Waals surface area contributed by atoms with Crippen molar-refractivity contribution in [3.05, 3.63) is 21.3 Å². The molecule has 0 bridgehead atoms. The molecule has 1 aliphatic carbocycles. The number of aliphatic hydroxyl groups is 1. The standard InChI is InChI=1S/C16H23ClN2O2S/c17-15-9-11(10-22-15)16(21)18-12-5-7-19(8-6-12)13-3-1-2-4-14(13)20/h9-10,12-14,20H,1-8H2,(H,18,21)/t13-,14+/m1/s1. The molecule has 1 aliphatic heterocycles. The van der Waals surface area contributed by atoms with Gasteiger partial charge in [0.2, 0.25) is 0 Å². The summed E-state index contributed by atoms with van der Waals surface area (Å²) in [6.45, 7) is 1.91. The van der Waals surface area contributed by atoms with E-state index < -0.39 is 0 Å². The third kappa shape index (κ3) is 3.82. The summed E-state index contributed by atoms with van der Waals surface area (Å²) in [7, 11) is 0. The van der Waals surface area contributed by atoms with E-state index in [4.69, 9.17) is 11.6 Å². The van der Waals surface area contributed by atoms with Crippen LogP contribution in [-0.2, 0) is 0 Å². The van der Waals surface area contributed by atoms with Crippen LogP contribution in [0.15, 0.2) is 11.4 Å². The number of carbonyl (C=O) groups excluding carboxylic acids is 1. The summed E-state index contributed by atoms with van der Waals surface area (Å²) in [5.41, 5.74) is 0.653. The van der Waals surface area contributed by atoms with Gasteiger partial charge >= 0.3 is 0 Å². The number of likely N-dealkylation sites (tertiary alicyclic amines) is 1. The zero-order valence-corrected chi connectivity index (χ0v) is 14.2. The largest absolute Gasteiger partial charge is 0.391 e. The van der Waals surface area contributed by atoms with E-state index in [1.807, 2.05) is 0 Å². The van der Waals surface area contributed by atoms with Gasteiger partial charge in [-0.2, -0.15) is 0 Å². The van der Waals surface area contributed by atoms with Crippen molar-refractivity contribution in [1.29, 1.82) is 0 Å². The van der Waals surface area contributed by atoms with E-state index in [-0.39, 0.29) is 18.1 Å². The van der Waals surface area contributed by atoms with Crippen LogP contribution < -0.4 is 5.32 Å². The Morgan fingerprint density at radius 1 is 1.27 bits per heavy atom. The number of piperidine rings is 1. The van der Waals surface area contributed by atoms with Crippen molar-refractivity contribution in [2.75, 3.05) is 13.1 Å². The number of amides is 1. The minimum Gasteiger partial charge on any atom is -0.391 e. The molecule has 1 aromatic heterocycles. The maximum Gasteiger partial charge on any atom is 0.252 e. The summed E-state index contributed by atoms with van der Waals surface area (Å²) in [5.74, 6) is -0.0284. The molecule has 3 rings (SSSR count). The van der Waals surface area contributed by atoms with E-state index in [0.29, 0.717) is 15.9 Å². The molecule has 6 heteroatoms. The van der Waals surface area contributed by atoms with Gasteiger partial charge in [0.1, 0.15) is 0 Å². The number of rotatable bonds is 3. The van der Waals surface area contributed by atoms with Gasteiger partial charge in [0.15, 0.2) is 0 Å². The molecule has 1 saturated heterocycles. The Morgan fingerprint density at radius 3 is 2.64 bits per heavy atom. The summed E-state index contributed by atoms with van der Waals surface area (Å²) in [4.78, 5) is 14.6. The lowest BCUT2D eigenvalue weighted by molar-refractivity contribution is 0.00728. The predicted molar refractivity (Wildman–Crippen MR) is 89.7 cm³/mol. The Labute approximate surface area is 140 Å². The Balaban J connectivity index is 1.48. The minimum absolute atomic E-state index is 0.0284. The molecular formula is C16H23ClN2O2S. The quantitative estimate of drug-likeness (QED) is 0.888. The zero-order chi connectivity index (χ0) is 15.5. The number of nitrogens with one attached hydrogen (secondary N) is 1. The molecule has 0 unspecified atom stereocenters. The fourth-order valence-corrected chi connectivity index (χ4v) is 4.45. The lowest BCUT2D eigenvalue weighted by atomic mass is 9.89. The van der Waals surface area contributed by atoms with Crippen LogP contribution in [0, 0.1) is 0 Å². The van der Waals surface area contributed by atoms with Crippen molar-refractivity contribution in [2.24, 2.45) is 0 Å². The van der Waals surface area contributed by atoms with Crippen molar-refractivity contribution >= 4 is 28.8 Å². The molecule has 2 aliphatic rings. The summed E-state index contributed by atoms with van der Waals surface area (Å²) < 4.78 is 0.645. The van der Waals surface area contributed by atoms with E-state index in [2.05, 4.69) is 10.2 Å². The molecule has 1 aromatic rings. The van der Waals surface area contributed by atoms with Crippen molar-refractivity contribution in [1.82, 2.24) is 10.2 Å². The Kier molecular flexibility index (Phi) is 5.39. The highest BCUT2D eigenvalue weighted by Crippen LogP contribution is 2.26. The molecule has 2 heterocycles. The molecule has 22 heavy (non-hydrogen) atoms. The van der Waals surface area contributed by atoms with E-state index in [0.717, 1.165) is 45.2 Å². The fraction of sp³-hybridized carbons (Fsp3) is 0.688. The van der Waals surface area contributed by atoms with Gasteiger partial charge in [-0.1, -0.05) is 24.4 Å². The molecule has 122 valence electrons. The van der Waals surface area contributed by atoms with Crippen LogP contribution in [0.2, 0.25) is 4.34 Å². The van der Waals surface area contributed by atoms with E-state index >= 15 is 0 Å². The summed E-state index contributed by atoms with van der Waals surface area (Å²) in [5, 5.41) is 15.1. The number of aliphatic hydroxyl groups excluding tert-OH is 1. The highest BCUT2D eigenvalue weighted by Gasteiger charge is 2.31. The molecule has 2 fully saturated rings. The first-order valence-electron chi connectivity index (χ1n) is 8.10. The number of hydrogen-bond donors (Lipinski definition) is 2. The van der Waals surface area contributed by atoms with Crippen LogP contribution >= 0.6 is 22.9 Å². The molecule has 0 radical (unpaired) electrons. The molecule has 0 aromatic carbocycles. The van der Waals surface area contributed by atoms with Crippen LogP contribution in [0.4, 0.5) is 0 Å². The molecule has 4 nitrogen and oxygen atoms in total. The van der Waals surface area contributed by atoms with Gasteiger partial charge in [0.25, 0.3) is 5.91 Å². The maximum atomic E-state index is 12.1. The topological polar surface area (TPSA) is 52.6 Å². The van der Waals surface area contributed by atoms with Crippen molar-refractivity contribution < 1.29 is 9.90 Å². The number of hydrogen-bond acceptors (Lipinski definition) is 4. The third-order valence-corrected chi connectivity index (χ3v) is 5.95. The Hall–Kier alpha value is -0.620. The van der Waals surface area contributed by atoms with Gasteiger partial charge in [-0.3, -0.25) is 9.69 Å². The number of nitrogens with zero attached hydrogens (tertiary/aromatic N) is 1. The van der Waals surface area contributed by atoms with Crippen molar-refractivity contribution in [3.8, 4) is 0 Å². The number of thiophene rings is 1. The molecular weight excluding hydrogens is 320 g/mol. The second-order valence-electron chi connectivity index (χ2n) is 6.34. The van der Waals surface area contributed by atoms with E-state index in [1.165, 1.54) is 17.8 Å². The average molecular weight is 343 g/mol. The zero-order valence-electron chi connectivity index (χ0n) is 12.6. The number of halogens is 1. The van der Waals surface area contributed by atoms with Gasteiger partial charge in [-0.05, 0) is 31.7 Å². The second-order valence-corrected chi connectivity index (χ2v) is 7.88. The lowest BCUT2D eigenvalue weighted by Crippen LogP contribution is -2.52. The maximum absolute atomic E-state index is 12.1. The van der Waals surface area contributed by atoms with E-state index in [9.17, 15) is 9.90 Å². The van der Waals surface area contributed by atoms with Gasteiger partial charge < -0.3 is 10.4 Å². The normalized spacial score (nSPS) is 27.7. The van der Waals surface area contributed by atoms with Gasteiger partial charge in [-0.15, -0.1) is 11.3 Å². The summed E-state index contributed by atoms with van der Waals surface area (Å²) in [6, 6.07) is 2.26. The van der Waals surface area contributed by atoms with Crippen LogP contribution in [0.3, 0.4) is 0 Å². The van der Waals surface area contributed by atoms with Crippen LogP contribution in [0.25, 0.3) is 0 Å². The molecule has 1 amide bonds. The van der Waals surface area contributed by atoms with Crippen molar-refractivity contribution in [3.63, 3.8) is 0 Å². The van der Waals surface area contributed by atoms with Gasteiger partial charge in [-0.25, -0.2) is 0 Å². The fourth-order valence-electron chi connectivity index (χ4n) is 3.59. The molecule has 0 spiro atoms. The third-order valence-electron chi connectivity index (χ3n) is 4.86. The highest BCUT2D eigenvalue weighted by atomic mass is 35.5. The molecule has 2 N–H and O–H groups in total. The van der Waals surface area contributed by atoms with E-state index in [1.54, 1.807) is 11.4 Å². The second kappa shape index (κ2) is 7.30. The summed E-state index contributed by atoms with van der Waals surface area (Å²) in [6.07, 6.45) is 6.13. The summed E-state index contributed by atoms with van der Waals surface area (Å²) >= 11 is 7.26. The Morgan fingerprint density at radius 2 is 2.00 bits per heavy atom. The molecule has 2 atom stereocenters. The number of carbonyl (C=O) groups is 1. The van der Waals surface area contributed by atoms with Crippen LogP contribution in [0.1, 0.15) is 48.9 Å².